The van der Waals surface area contributed by atoms with Crippen molar-refractivity contribution in [3.05, 3.63) is 51.9 Å². The second-order valence-corrected chi connectivity index (χ2v) is 4.26. The van der Waals surface area contributed by atoms with Gasteiger partial charge in [-0.3, -0.25) is 14.3 Å². The van der Waals surface area contributed by atoms with Crippen LogP contribution in [0.25, 0.3) is 5.69 Å². The van der Waals surface area contributed by atoms with E-state index < -0.39 is 23.1 Å². The average Bonchev–Trinajstić information content (AvgIpc) is 2.60. The molecule has 0 saturated heterocycles. The lowest BCUT2D eigenvalue weighted by Crippen LogP contribution is -2.30. The van der Waals surface area contributed by atoms with Gasteiger partial charge in [0.05, 0.1) is 5.69 Å². The highest BCUT2D eigenvalue weighted by Crippen LogP contribution is 2.22. The quantitative estimate of drug-likeness (QED) is 0.794. The number of hydrogen-bond donors (Lipinski definition) is 0. The molecule has 0 amide bonds. The molecule has 0 unspecified atom stereocenters. The molecule has 0 saturated carbocycles. The number of halogens is 3. The Bertz CT molecular complexity index is 712. The maximum atomic E-state index is 12.5. The number of carbonyl (C=O) groups is 1. The molecule has 20 heavy (non-hydrogen) atoms. The van der Waals surface area contributed by atoms with Crippen molar-refractivity contribution in [1.82, 2.24) is 9.36 Å². The monoisotopic (exact) mass is 284 g/mol. The number of ketones is 1. The Morgan fingerprint density at radius 3 is 2.20 bits per heavy atom. The van der Waals surface area contributed by atoms with Crippen molar-refractivity contribution in [3.8, 4) is 5.69 Å². The van der Waals surface area contributed by atoms with E-state index in [0.717, 1.165) is 4.68 Å². The topological polar surface area (TPSA) is 44.0 Å². The highest BCUT2D eigenvalue weighted by molar-refractivity contribution is 6.01. The summed E-state index contributed by atoms with van der Waals surface area (Å²) in [7, 11) is 1.43. The van der Waals surface area contributed by atoms with Gasteiger partial charge < -0.3 is 0 Å². The summed E-state index contributed by atoms with van der Waals surface area (Å²) in [6, 6.07) is 8.15. The summed E-state index contributed by atoms with van der Waals surface area (Å²) < 4.78 is 39.9. The predicted octanol–water partition coefficient (Wildman–Crippen LogP) is 2.23. The summed E-state index contributed by atoms with van der Waals surface area (Å²) in [5.41, 5.74) is -1.45. The van der Waals surface area contributed by atoms with E-state index in [2.05, 4.69) is 0 Å². The Balaban J connectivity index is 2.71. The molecule has 106 valence electrons. The first-order chi connectivity index (χ1) is 9.25. The Morgan fingerprint density at radius 1 is 1.15 bits per heavy atom. The standard InChI is InChI=1S/C13H11F3N2O2/c1-8-10(11(19)13(14,15)16)12(20)18(17(8)2)9-6-4-3-5-7-9/h3-7H,1-2H3. The number of rotatable bonds is 2. The van der Waals surface area contributed by atoms with E-state index in [9.17, 15) is 22.8 Å². The third-order valence-corrected chi connectivity index (χ3v) is 3.04. The molecule has 0 aliphatic heterocycles. The Labute approximate surface area is 112 Å². The van der Waals surface area contributed by atoms with Crippen molar-refractivity contribution in [2.75, 3.05) is 0 Å². The van der Waals surface area contributed by atoms with E-state index in [1.807, 2.05) is 0 Å². The van der Waals surface area contributed by atoms with Crippen LogP contribution in [-0.4, -0.2) is 21.3 Å². The Morgan fingerprint density at radius 2 is 1.70 bits per heavy atom. The van der Waals surface area contributed by atoms with Gasteiger partial charge in [0.15, 0.2) is 0 Å². The van der Waals surface area contributed by atoms with Crippen molar-refractivity contribution in [1.29, 1.82) is 0 Å². The van der Waals surface area contributed by atoms with Crippen molar-refractivity contribution >= 4 is 5.78 Å². The first-order valence-corrected chi connectivity index (χ1v) is 5.70. The molecule has 2 rings (SSSR count). The largest absolute Gasteiger partial charge is 0.455 e. The number of benzene rings is 1. The van der Waals surface area contributed by atoms with E-state index in [4.69, 9.17) is 0 Å². The van der Waals surface area contributed by atoms with Gasteiger partial charge >= 0.3 is 6.18 Å². The Hall–Kier alpha value is -2.31. The van der Waals surface area contributed by atoms with E-state index in [1.54, 1.807) is 30.3 Å². The fourth-order valence-corrected chi connectivity index (χ4v) is 1.97. The molecule has 2 aromatic rings. The highest BCUT2D eigenvalue weighted by atomic mass is 19.4. The molecule has 0 atom stereocenters. The van der Waals surface area contributed by atoms with Crippen molar-refractivity contribution in [3.63, 3.8) is 0 Å². The summed E-state index contributed by atoms with van der Waals surface area (Å²) in [4.78, 5) is 23.5. The van der Waals surface area contributed by atoms with E-state index >= 15 is 0 Å². The minimum atomic E-state index is -5.07. The third-order valence-electron chi connectivity index (χ3n) is 3.04. The van der Waals surface area contributed by atoms with Gasteiger partial charge in [0.2, 0.25) is 0 Å². The van der Waals surface area contributed by atoms with Crippen LogP contribution in [0.2, 0.25) is 0 Å². The smallest absolute Gasteiger partial charge is 0.285 e. The average molecular weight is 284 g/mol. The maximum absolute atomic E-state index is 12.5. The minimum absolute atomic E-state index is 0.0267. The van der Waals surface area contributed by atoms with Gasteiger partial charge in [-0.2, -0.15) is 13.2 Å². The first-order valence-electron chi connectivity index (χ1n) is 5.70. The van der Waals surface area contributed by atoms with Crippen LogP contribution >= 0.6 is 0 Å². The highest BCUT2D eigenvalue weighted by Gasteiger charge is 2.43. The second kappa shape index (κ2) is 4.66. The van der Waals surface area contributed by atoms with Gasteiger partial charge in [0.25, 0.3) is 11.3 Å². The normalized spacial score (nSPS) is 11.7. The number of Topliss-reactive ketones (excluding diaryl/α,β-unsaturated/α-hetero) is 1. The molecule has 0 bridgehead atoms. The molecule has 1 heterocycles. The molecule has 4 nitrogen and oxygen atoms in total. The number of hydrogen-bond acceptors (Lipinski definition) is 2. The molecule has 0 aliphatic carbocycles. The fourth-order valence-electron chi connectivity index (χ4n) is 1.97. The summed E-state index contributed by atoms with van der Waals surface area (Å²) in [6.07, 6.45) is -5.07. The van der Waals surface area contributed by atoms with Crippen LogP contribution in [0.3, 0.4) is 0 Å². The lowest BCUT2D eigenvalue weighted by Gasteiger charge is -2.07. The van der Waals surface area contributed by atoms with Crippen LogP contribution in [0.4, 0.5) is 13.2 Å². The van der Waals surface area contributed by atoms with Crippen LogP contribution in [-0.2, 0) is 7.05 Å². The van der Waals surface area contributed by atoms with Crippen LogP contribution in [0.15, 0.2) is 35.1 Å². The SMILES string of the molecule is Cc1c(C(=O)C(F)(F)F)c(=O)n(-c2ccccc2)n1C. The number of alkyl halides is 3. The zero-order chi connectivity index (χ0) is 15.1. The Kier molecular flexibility index (Phi) is 3.29. The molecule has 7 heteroatoms. The maximum Gasteiger partial charge on any atom is 0.455 e. The molecule has 0 N–H and O–H groups in total. The molecule has 0 aliphatic rings. The summed E-state index contributed by atoms with van der Waals surface area (Å²) >= 11 is 0. The lowest BCUT2D eigenvalue weighted by atomic mass is 10.1. The van der Waals surface area contributed by atoms with E-state index in [1.165, 1.54) is 18.7 Å². The van der Waals surface area contributed by atoms with Gasteiger partial charge in [0.1, 0.15) is 5.56 Å². The van der Waals surface area contributed by atoms with Gasteiger partial charge in [-0.25, -0.2) is 4.68 Å². The van der Waals surface area contributed by atoms with Gasteiger partial charge in [0, 0.05) is 12.7 Å². The second-order valence-electron chi connectivity index (χ2n) is 4.26. The number of para-hydroxylation sites is 1. The van der Waals surface area contributed by atoms with Crippen LogP contribution in [0.1, 0.15) is 16.1 Å². The summed E-state index contributed by atoms with van der Waals surface area (Å²) in [6.45, 7) is 1.31. The summed E-state index contributed by atoms with van der Waals surface area (Å²) in [5.74, 6) is -2.12. The molecule has 0 radical (unpaired) electrons. The minimum Gasteiger partial charge on any atom is -0.285 e. The predicted molar refractivity (Wildman–Crippen MR) is 66.1 cm³/mol. The molecular formula is C13H11F3N2O2. The molecular weight excluding hydrogens is 273 g/mol. The van der Waals surface area contributed by atoms with E-state index in [-0.39, 0.29) is 5.69 Å². The number of carbonyl (C=O) groups excluding carboxylic acids is 1. The van der Waals surface area contributed by atoms with Crippen LogP contribution in [0, 0.1) is 6.92 Å². The zero-order valence-electron chi connectivity index (χ0n) is 10.7. The zero-order valence-corrected chi connectivity index (χ0v) is 10.7. The van der Waals surface area contributed by atoms with Crippen molar-refractivity contribution < 1.29 is 18.0 Å². The van der Waals surface area contributed by atoms with Crippen LogP contribution in [0.5, 0.6) is 0 Å². The first kappa shape index (κ1) is 14.1. The van der Waals surface area contributed by atoms with E-state index in [0.29, 0.717) is 5.69 Å². The van der Waals surface area contributed by atoms with Gasteiger partial charge in [-0.1, -0.05) is 18.2 Å². The van der Waals surface area contributed by atoms with Crippen LogP contribution < -0.4 is 5.56 Å². The fraction of sp³-hybridized carbons (Fsp3) is 0.231. The number of aromatic nitrogens is 2. The molecule has 0 spiro atoms. The van der Waals surface area contributed by atoms with Crippen molar-refractivity contribution in [2.24, 2.45) is 7.05 Å². The lowest BCUT2D eigenvalue weighted by molar-refractivity contribution is -0.0886. The third kappa shape index (κ3) is 2.15. The number of nitrogens with zero attached hydrogens (tertiary/aromatic N) is 2. The molecule has 1 aromatic carbocycles. The summed E-state index contributed by atoms with van der Waals surface area (Å²) in [5, 5.41) is 0. The van der Waals surface area contributed by atoms with Crippen molar-refractivity contribution in [2.45, 2.75) is 13.1 Å². The molecule has 1 aromatic heterocycles. The van der Waals surface area contributed by atoms with Gasteiger partial charge in [-0.05, 0) is 19.1 Å². The van der Waals surface area contributed by atoms with Gasteiger partial charge in [-0.15, -0.1) is 0 Å². The molecule has 0 fully saturated rings.